The molecule has 0 aliphatic heterocycles. The van der Waals surface area contributed by atoms with E-state index in [1.807, 2.05) is 13.8 Å². The molecule has 8 nitrogen and oxygen atoms in total. The lowest BCUT2D eigenvalue weighted by atomic mass is 10.0. The van der Waals surface area contributed by atoms with Gasteiger partial charge in [0.25, 0.3) is 0 Å². The molecule has 0 aromatic carbocycles. The Morgan fingerprint density at radius 1 is 1.15 bits per heavy atom. The van der Waals surface area contributed by atoms with Gasteiger partial charge in [0, 0.05) is 18.0 Å². The van der Waals surface area contributed by atoms with E-state index in [1.165, 1.54) is 7.11 Å². The van der Waals surface area contributed by atoms with Crippen LogP contribution >= 0.6 is 0 Å². The molecule has 1 aromatic heterocycles. The summed E-state index contributed by atoms with van der Waals surface area (Å²) in [6.07, 6.45) is 2.94. The molecule has 0 fully saturated rings. The Hall–Kier alpha value is -2.64. The van der Waals surface area contributed by atoms with Crippen molar-refractivity contribution >= 4 is 18.0 Å². The first-order chi connectivity index (χ1) is 12.7. The van der Waals surface area contributed by atoms with E-state index in [0.29, 0.717) is 6.42 Å². The number of hydrogen-bond donors (Lipinski definition) is 2. The molecule has 0 saturated carbocycles. The molecular weight excluding hydrogens is 350 g/mol. The highest BCUT2D eigenvalue weighted by Crippen LogP contribution is 2.09. The van der Waals surface area contributed by atoms with Gasteiger partial charge in [0.2, 0.25) is 5.91 Å². The van der Waals surface area contributed by atoms with Gasteiger partial charge in [-0.15, -0.1) is 0 Å². The van der Waals surface area contributed by atoms with Gasteiger partial charge in [-0.2, -0.15) is 0 Å². The number of aromatic nitrogens is 1. The van der Waals surface area contributed by atoms with E-state index in [2.05, 4.69) is 15.6 Å². The molecule has 1 aromatic rings. The monoisotopic (exact) mass is 379 g/mol. The predicted octanol–water partition coefficient (Wildman–Crippen LogP) is 2.04. The first-order valence-corrected chi connectivity index (χ1v) is 8.95. The standard InChI is InChI=1S/C19H29N3O5/c1-12(2)9-15(18(24)26-5)21-17(23)16(13(3)4)22-19(25)27-11-14-7-6-8-20-10-14/h6-8,10,12-13,15-16H,9,11H2,1-5H3,(H,21,23)(H,22,25)/t15-,16-/m0/s1. The number of amides is 2. The second-order valence-corrected chi connectivity index (χ2v) is 7.02. The third kappa shape index (κ3) is 8.06. The van der Waals surface area contributed by atoms with Crippen molar-refractivity contribution in [2.75, 3.05) is 7.11 Å². The summed E-state index contributed by atoms with van der Waals surface area (Å²) in [6, 6.07) is 1.91. The van der Waals surface area contributed by atoms with E-state index in [9.17, 15) is 14.4 Å². The number of nitrogens with zero attached hydrogens (tertiary/aromatic N) is 1. The van der Waals surface area contributed by atoms with E-state index < -0.39 is 30.1 Å². The fourth-order valence-corrected chi connectivity index (χ4v) is 2.43. The number of alkyl carbamates (subject to hydrolysis) is 1. The average molecular weight is 379 g/mol. The summed E-state index contributed by atoms with van der Waals surface area (Å²) in [5.74, 6) is -0.990. The molecule has 0 radical (unpaired) electrons. The van der Waals surface area contributed by atoms with Crippen LogP contribution in [0.15, 0.2) is 24.5 Å². The van der Waals surface area contributed by atoms with E-state index in [-0.39, 0.29) is 18.4 Å². The lowest BCUT2D eigenvalue weighted by Crippen LogP contribution is -2.54. The van der Waals surface area contributed by atoms with Crippen LogP contribution in [0.3, 0.4) is 0 Å². The lowest BCUT2D eigenvalue weighted by molar-refractivity contribution is -0.145. The first kappa shape index (κ1) is 22.4. The highest BCUT2D eigenvalue weighted by molar-refractivity contribution is 5.89. The smallest absolute Gasteiger partial charge is 0.408 e. The minimum absolute atomic E-state index is 0.0459. The molecule has 2 atom stereocenters. The Morgan fingerprint density at radius 3 is 2.37 bits per heavy atom. The van der Waals surface area contributed by atoms with Gasteiger partial charge in [-0.1, -0.05) is 33.8 Å². The summed E-state index contributed by atoms with van der Waals surface area (Å²) >= 11 is 0. The number of hydrogen-bond acceptors (Lipinski definition) is 6. The summed E-state index contributed by atoms with van der Waals surface area (Å²) in [5.41, 5.74) is 0.737. The first-order valence-electron chi connectivity index (χ1n) is 8.95. The fraction of sp³-hybridized carbons (Fsp3) is 0.579. The van der Waals surface area contributed by atoms with Crippen LogP contribution in [-0.4, -0.2) is 42.1 Å². The quantitative estimate of drug-likeness (QED) is 0.636. The minimum atomic E-state index is -0.842. The van der Waals surface area contributed by atoms with Gasteiger partial charge < -0.3 is 20.1 Å². The number of ether oxygens (including phenoxy) is 2. The van der Waals surface area contributed by atoms with Gasteiger partial charge in [0.1, 0.15) is 18.7 Å². The van der Waals surface area contributed by atoms with Crippen LogP contribution in [0.5, 0.6) is 0 Å². The number of carbonyl (C=O) groups excluding carboxylic acids is 3. The van der Waals surface area contributed by atoms with Crippen LogP contribution in [-0.2, 0) is 25.7 Å². The highest BCUT2D eigenvalue weighted by atomic mass is 16.5. The van der Waals surface area contributed by atoms with Gasteiger partial charge in [0.15, 0.2) is 0 Å². The van der Waals surface area contributed by atoms with Crippen LogP contribution in [0.25, 0.3) is 0 Å². The van der Waals surface area contributed by atoms with Crippen LogP contribution < -0.4 is 10.6 Å². The fourth-order valence-electron chi connectivity index (χ4n) is 2.43. The normalized spacial score (nSPS) is 13.0. The number of nitrogens with one attached hydrogen (secondary N) is 2. The number of carbonyl (C=O) groups is 3. The van der Waals surface area contributed by atoms with Crippen molar-refractivity contribution in [1.82, 2.24) is 15.6 Å². The molecule has 0 spiro atoms. The molecule has 8 heteroatoms. The van der Waals surface area contributed by atoms with Gasteiger partial charge in [-0.05, 0) is 24.3 Å². The second-order valence-electron chi connectivity index (χ2n) is 7.02. The van der Waals surface area contributed by atoms with Gasteiger partial charge in [0.05, 0.1) is 7.11 Å². The summed E-state index contributed by atoms with van der Waals surface area (Å²) in [4.78, 5) is 40.5. The van der Waals surface area contributed by atoms with Crippen molar-refractivity contribution in [1.29, 1.82) is 0 Å². The zero-order valence-electron chi connectivity index (χ0n) is 16.5. The molecule has 0 aliphatic rings. The van der Waals surface area contributed by atoms with E-state index in [0.717, 1.165) is 5.56 Å². The second kappa shape index (κ2) is 11.2. The maximum atomic E-state index is 12.6. The Balaban J connectivity index is 2.68. The molecule has 150 valence electrons. The molecule has 0 bridgehead atoms. The number of pyridine rings is 1. The van der Waals surface area contributed by atoms with E-state index in [4.69, 9.17) is 9.47 Å². The third-order valence-corrected chi connectivity index (χ3v) is 3.82. The topological polar surface area (TPSA) is 107 Å². The number of rotatable bonds is 9. The minimum Gasteiger partial charge on any atom is -0.467 e. The van der Waals surface area contributed by atoms with Crippen molar-refractivity contribution in [2.45, 2.75) is 52.8 Å². The van der Waals surface area contributed by atoms with Crippen LogP contribution in [0.4, 0.5) is 4.79 Å². The Bertz CT molecular complexity index is 619. The van der Waals surface area contributed by atoms with Crippen molar-refractivity contribution in [3.8, 4) is 0 Å². The van der Waals surface area contributed by atoms with Crippen molar-refractivity contribution < 1.29 is 23.9 Å². The maximum absolute atomic E-state index is 12.6. The maximum Gasteiger partial charge on any atom is 0.408 e. The molecule has 2 amide bonds. The summed E-state index contributed by atoms with van der Waals surface area (Å²) in [5, 5.41) is 5.22. The molecule has 2 N–H and O–H groups in total. The average Bonchev–Trinajstić information content (AvgIpc) is 2.63. The third-order valence-electron chi connectivity index (χ3n) is 3.82. The van der Waals surface area contributed by atoms with Crippen molar-refractivity contribution in [3.63, 3.8) is 0 Å². The molecule has 0 unspecified atom stereocenters. The lowest BCUT2D eigenvalue weighted by Gasteiger charge is -2.25. The summed E-state index contributed by atoms with van der Waals surface area (Å²) in [7, 11) is 1.27. The molecule has 1 heterocycles. The Labute approximate surface area is 160 Å². The van der Waals surface area contributed by atoms with E-state index >= 15 is 0 Å². The van der Waals surface area contributed by atoms with Crippen LogP contribution in [0.2, 0.25) is 0 Å². The van der Waals surface area contributed by atoms with Crippen LogP contribution in [0.1, 0.15) is 39.7 Å². The Morgan fingerprint density at radius 2 is 1.85 bits per heavy atom. The molecule has 0 saturated heterocycles. The summed E-state index contributed by atoms with van der Waals surface area (Å²) < 4.78 is 9.89. The number of methoxy groups -OCH3 is 1. The molecule has 0 aliphatic carbocycles. The SMILES string of the molecule is COC(=O)[C@H](CC(C)C)NC(=O)[C@@H](NC(=O)OCc1cccnc1)C(C)C. The molecule has 27 heavy (non-hydrogen) atoms. The predicted molar refractivity (Wildman–Crippen MR) is 99.6 cm³/mol. The highest BCUT2D eigenvalue weighted by Gasteiger charge is 2.30. The van der Waals surface area contributed by atoms with Crippen LogP contribution in [0, 0.1) is 11.8 Å². The van der Waals surface area contributed by atoms with Crippen molar-refractivity contribution in [2.24, 2.45) is 11.8 Å². The van der Waals surface area contributed by atoms with E-state index in [1.54, 1.807) is 38.4 Å². The Kier molecular flexibility index (Phi) is 9.25. The zero-order chi connectivity index (χ0) is 20.4. The van der Waals surface area contributed by atoms with Crippen molar-refractivity contribution in [3.05, 3.63) is 30.1 Å². The summed E-state index contributed by atoms with van der Waals surface area (Å²) in [6.45, 7) is 7.51. The largest absolute Gasteiger partial charge is 0.467 e. The number of esters is 1. The van der Waals surface area contributed by atoms with Gasteiger partial charge in [-0.25, -0.2) is 9.59 Å². The van der Waals surface area contributed by atoms with Gasteiger partial charge in [-0.3, -0.25) is 9.78 Å². The van der Waals surface area contributed by atoms with Gasteiger partial charge >= 0.3 is 12.1 Å². The molecule has 1 rings (SSSR count). The molecular formula is C19H29N3O5. The zero-order valence-corrected chi connectivity index (χ0v) is 16.5.